The fourth-order valence-electron chi connectivity index (χ4n) is 2.63. The average molecular weight is 247 g/mol. The van der Waals surface area contributed by atoms with Gasteiger partial charge in [-0.2, -0.15) is 0 Å². The van der Waals surface area contributed by atoms with Gasteiger partial charge in [0.25, 0.3) is 0 Å². The van der Waals surface area contributed by atoms with Crippen LogP contribution in [-0.4, -0.2) is 30.8 Å². The first-order valence-corrected chi connectivity index (χ1v) is 6.38. The zero-order valence-electron chi connectivity index (χ0n) is 10.4. The summed E-state index contributed by atoms with van der Waals surface area (Å²) in [6, 6.07) is 6.29. The maximum Gasteiger partial charge on any atom is 0.308 e. The van der Waals surface area contributed by atoms with E-state index >= 15 is 0 Å². The molecule has 0 amide bonds. The number of aryl methyl sites for hydroxylation is 1. The highest BCUT2D eigenvalue weighted by molar-refractivity contribution is 5.76. The average Bonchev–Trinajstić information content (AvgIpc) is 3.17. The van der Waals surface area contributed by atoms with E-state index in [1.54, 1.807) is 0 Å². The van der Waals surface area contributed by atoms with E-state index in [0.717, 1.165) is 37.3 Å². The molecule has 0 aromatic heterocycles. The van der Waals surface area contributed by atoms with E-state index in [0.29, 0.717) is 0 Å². The van der Waals surface area contributed by atoms with Crippen LogP contribution in [0.1, 0.15) is 18.4 Å². The Morgan fingerprint density at radius 1 is 1.50 bits per heavy atom. The Morgan fingerprint density at radius 3 is 3.06 bits per heavy atom. The van der Waals surface area contributed by atoms with Gasteiger partial charge in [0.15, 0.2) is 0 Å². The number of rotatable bonds is 3. The molecule has 0 spiro atoms. The molecule has 1 N–H and O–H groups in total. The number of carboxylic acid groups (broad SMARTS) is 1. The van der Waals surface area contributed by atoms with Crippen molar-refractivity contribution < 1.29 is 14.6 Å². The summed E-state index contributed by atoms with van der Waals surface area (Å²) in [7, 11) is 1.97. The summed E-state index contributed by atoms with van der Waals surface area (Å²) < 4.78 is 5.58. The van der Waals surface area contributed by atoms with E-state index in [-0.39, 0.29) is 12.0 Å². The molecule has 1 aromatic rings. The van der Waals surface area contributed by atoms with Gasteiger partial charge < -0.3 is 14.7 Å². The highest BCUT2D eigenvalue weighted by atomic mass is 16.5. The van der Waals surface area contributed by atoms with E-state index in [1.165, 1.54) is 5.56 Å². The third-order valence-electron chi connectivity index (χ3n) is 3.87. The molecule has 1 heterocycles. The zero-order valence-corrected chi connectivity index (χ0v) is 10.4. The third-order valence-corrected chi connectivity index (χ3v) is 3.87. The molecular weight excluding hydrogens is 230 g/mol. The van der Waals surface area contributed by atoms with Gasteiger partial charge in [-0.05, 0) is 43.0 Å². The van der Waals surface area contributed by atoms with E-state index in [1.807, 2.05) is 19.2 Å². The van der Waals surface area contributed by atoms with Gasteiger partial charge in [0.2, 0.25) is 0 Å². The first kappa shape index (κ1) is 11.4. The summed E-state index contributed by atoms with van der Waals surface area (Å²) in [6.45, 7) is 0.798. The molecule has 96 valence electrons. The van der Waals surface area contributed by atoms with Gasteiger partial charge in [0, 0.05) is 18.8 Å². The standard InChI is InChI=1S/C14H17NO3/c1-15(12-8-11(12)14(16)17)10-4-5-13-9(7-10)3-2-6-18-13/h4-5,7,11-12H,2-3,6,8H2,1H3,(H,16,17). The lowest BCUT2D eigenvalue weighted by Gasteiger charge is -2.23. The number of ether oxygens (including phenoxy) is 1. The summed E-state index contributed by atoms with van der Waals surface area (Å²) in [5.74, 6) is 0.0828. The SMILES string of the molecule is CN(c1ccc2c(c1)CCCO2)C1CC1C(=O)O. The van der Waals surface area contributed by atoms with Crippen LogP contribution in [-0.2, 0) is 11.2 Å². The number of aliphatic carboxylic acids is 1. The van der Waals surface area contributed by atoms with Crippen molar-refractivity contribution in [3.8, 4) is 5.75 Å². The van der Waals surface area contributed by atoms with Crippen molar-refractivity contribution >= 4 is 11.7 Å². The number of carboxylic acids is 1. The second kappa shape index (κ2) is 4.19. The van der Waals surface area contributed by atoms with Crippen LogP contribution < -0.4 is 9.64 Å². The topological polar surface area (TPSA) is 49.8 Å². The van der Waals surface area contributed by atoms with Gasteiger partial charge in [-0.25, -0.2) is 0 Å². The highest BCUT2D eigenvalue weighted by Gasteiger charge is 2.46. The minimum Gasteiger partial charge on any atom is -0.493 e. The Balaban J connectivity index is 1.78. The molecule has 0 saturated heterocycles. The van der Waals surface area contributed by atoms with Gasteiger partial charge in [0.05, 0.1) is 12.5 Å². The molecule has 1 aliphatic heterocycles. The van der Waals surface area contributed by atoms with Crippen LogP contribution >= 0.6 is 0 Å². The normalized spacial score (nSPS) is 24.9. The van der Waals surface area contributed by atoms with E-state index in [2.05, 4.69) is 11.0 Å². The molecule has 18 heavy (non-hydrogen) atoms. The van der Waals surface area contributed by atoms with Crippen molar-refractivity contribution in [3.63, 3.8) is 0 Å². The second-order valence-electron chi connectivity index (χ2n) is 5.10. The molecule has 2 atom stereocenters. The number of fused-ring (bicyclic) bond motifs is 1. The smallest absolute Gasteiger partial charge is 0.308 e. The van der Waals surface area contributed by atoms with Crippen LogP contribution in [0.4, 0.5) is 5.69 Å². The summed E-state index contributed by atoms with van der Waals surface area (Å²) in [6.07, 6.45) is 2.85. The van der Waals surface area contributed by atoms with Gasteiger partial charge in [0.1, 0.15) is 5.75 Å². The fourth-order valence-corrected chi connectivity index (χ4v) is 2.63. The zero-order chi connectivity index (χ0) is 12.7. The Labute approximate surface area is 106 Å². The number of anilines is 1. The first-order valence-electron chi connectivity index (χ1n) is 6.38. The van der Waals surface area contributed by atoms with Gasteiger partial charge >= 0.3 is 5.97 Å². The van der Waals surface area contributed by atoms with Crippen molar-refractivity contribution in [2.45, 2.75) is 25.3 Å². The lowest BCUT2D eigenvalue weighted by molar-refractivity contribution is -0.138. The van der Waals surface area contributed by atoms with Gasteiger partial charge in [-0.1, -0.05) is 0 Å². The van der Waals surface area contributed by atoms with E-state index in [4.69, 9.17) is 9.84 Å². The van der Waals surface area contributed by atoms with Crippen molar-refractivity contribution in [2.75, 3.05) is 18.6 Å². The van der Waals surface area contributed by atoms with Gasteiger partial charge in [-0.3, -0.25) is 4.79 Å². The van der Waals surface area contributed by atoms with Crippen LogP contribution in [0, 0.1) is 5.92 Å². The molecular formula is C14H17NO3. The highest BCUT2D eigenvalue weighted by Crippen LogP contribution is 2.39. The van der Waals surface area contributed by atoms with Crippen LogP contribution in [0.5, 0.6) is 5.75 Å². The molecule has 1 fully saturated rings. The molecule has 2 aliphatic rings. The fraction of sp³-hybridized carbons (Fsp3) is 0.500. The summed E-state index contributed by atoms with van der Waals surface area (Å²) in [4.78, 5) is 13.0. The summed E-state index contributed by atoms with van der Waals surface area (Å²) in [5, 5.41) is 8.96. The molecule has 4 nitrogen and oxygen atoms in total. The van der Waals surface area contributed by atoms with Crippen molar-refractivity contribution in [3.05, 3.63) is 23.8 Å². The monoisotopic (exact) mass is 247 g/mol. The Hall–Kier alpha value is -1.71. The number of hydrogen-bond donors (Lipinski definition) is 1. The number of hydrogen-bond acceptors (Lipinski definition) is 3. The molecule has 1 saturated carbocycles. The van der Waals surface area contributed by atoms with Gasteiger partial charge in [-0.15, -0.1) is 0 Å². The molecule has 1 aliphatic carbocycles. The molecule has 0 radical (unpaired) electrons. The minimum atomic E-state index is -0.687. The van der Waals surface area contributed by atoms with Crippen LogP contribution in [0.2, 0.25) is 0 Å². The van der Waals surface area contributed by atoms with Crippen LogP contribution in [0.25, 0.3) is 0 Å². The van der Waals surface area contributed by atoms with Crippen molar-refractivity contribution in [2.24, 2.45) is 5.92 Å². The van der Waals surface area contributed by atoms with Crippen LogP contribution in [0.15, 0.2) is 18.2 Å². The molecule has 2 unspecified atom stereocenters. The van der Waals surface area contributed by atoms with E-state index < -0.39 is 5.97 Å². The Bertz CT molecular complexity index is 486. The lowest BCUT2D eigenvalue weighted by Crippen LogP contribution is -2.23. The lowest BCUT2D eigenvalue weighted by atomic mass is 10.1. The largest absolute Gasteiger partial charge is 0.493 e. The summed E-state index contributed by atoms with van der Waals surface area (Å²) >= 11 is 0. The maximum absolute atomic E-state index is 10.9. The summed E-state index contributed by atoms with van der Waals surface area (Å²) in [5.41, 5.74) is 2.33. The predicted molar refractivity (Wildman–Crippen MR) is 68.2 cm³/mol. The van der Waals surface area contributed by atoms with Crippen molar-refractivity contribution in [1.29, 1.82) is 0 Å². The molecule has 4 heteroatoms. The third kappa shape index (κ3) is 1.92. The quantitative estimate of drug-likeness (QED) is 0.886. The molecule has 3 rings (SSSR count). The molecule has 1 aromatic carbocycles. The van der Waals surface area contributed by atoms with Crippen molar-refractivity contribution in [1.82, 2.24) is 0 Å². The first-order chi connectivity index (χ1) is 8.66. The Morgan fingerprint density at radius 2 is 2.33 bits per heavy atom. The van der Waals surface area contributed by atoms with Crippen LogP contribution in [0.3, 0.4) is 0 Å². The Kier molecular flexibility index (Phi) is 2.65. The maximum atomic E-state index is 10.9. The second-order valence-corrected chi connectivity index (χ2v) is 5.10. The molecule has 0 bridgehead atoms. The number of nitrogens with zero attached hydrogens (tertiary/aromatic N) is 1. The number of benzene rings is 1. The van der Waals surface area contributed by atoms with E-state index in [9.17, 15) is 4.79 Å². The minimum absolute atomic E-state index is 0.144. The number of carbonyl (C=O) groups is 1. The predicted octanol–water partition coefficient (Wildman–Crippen LogP) is 1.92.